The van der Waals surface area contributed by atoms with E-state index in [0.29, 0.717) is 65.1 Å². The summed E-state index contributed by atoms with van der Waals surface area (Å²) < 4.78 is 11.6. The van der Waals surface area contributed by atoms with Gasteiger partial charge in [-0.1, -0.05) is 156 Å². The third-order valence-electron chi connectivity index (χ3n) is 12.6. The van der Waals surface area contributed by atoms with E-state index in [1.165, 1.54) is 103 Å². The lowest BCUT2D eigenvalue weighted by Gasteiger charge is -2.27. The van der Waals surface area contributed by atoms with Crippen LogP contribution in [0.1, 0.15) is 233 Å². The molecule has 0 aromatic heterocycles. The van der Waals surface area contributed by atoms with Crippen molar-refractivity contribution in [3.63, 3.8) is 0 Å². The molecule has 0 rings (SSSR count). The summed E-state index contributed by atoms with van der Waals surface area (Å²) in [5.41, 5.74) is 11.8. The molecule has 0 aliphatic carbocycles. The van der Waals surface area contributed by atoms with E-state index in [1.807, 2.05) is 0 Å². The summed E-state index contributed by atoms with van der Waals surface area (Å²) in [4.78, 5) is 30.8. The quantitative estimate of drug-likeness (QED) is 0.0343. The molecular formula is C52H106N4O6. The zero-order valence-corrected chi connectivity index (χ0v) is 41.6. The van der Waals surface area contributed by atoms with Gasteiger partial charge in [0.15, 0.2) is 0 Å². The highest BCUT2D eigenvalue weighted by Crippen LogP contribution is 2.22. The van der Waals surface area contributed by atoms with Gasteiger partial charge in [0.2, 0.25) is 0 Å². The van der Waals surface area contributed by atoms with Crippen molar-refractivity contribution in [1.29, 1.82) is 0 Å². The van der Waals surface area contributed by atoms with Gasteiger partial charge in [-0.15, -0.1) is 0 Å². The predicted molar refractivity (Wildman–Crippen MR) is 262 cm³/mol. The molecule has 0 aliphatic heterocycles. The summed E-state index contributed by atoms with van der Waals surface area (Å²) in [6.07, 6.45) is 33.1. The number of hydrogen-bond donors (Lipinski definition) is 4. The Morgan fingerprint density at radius 3 is 1.02 bits per heavy atom. The highest BCUT2D eigenvalue weighted by Gasteiger charge is 2.21. The van der Waals surface area contributed by atoms with Crippen molar-refractivity contribution in [3.05, 3.63) is 0 Å². The van der Waals surface area contributed by atoms with E-state index in [0.717, 1.165) is 103 Å². The number of nitrogens with zero attached hydrogens (tertiary/aromatic N) is 2. The molecule has 10 nitrogen and oxygen atoms in total. The van der Waals surface area contributed by atoms with Crippen molar-refractivity contribution in [3.8, 4) is 0 Å². The minimum atomic E-state index is -0.480. The number of rotatable bonds is 49. The first-order chi connectivity index (χ1) is 30.3. The maximum absolute atomic E-state index is 13.1. The van der Waals surface area contributed by atoms with Crippen molar-refractivity contribution < 1.29 is 29.3 Å². The van der Waals surface area contributed by atoms with Crippen molar-refractivity contribution in [1.82, 2.24) is 9.80 Å². The third kappa shape index (κ3) is 38.0. The molecule has 0 saturated carbocycles. The second-order valence-corrected chi connectivity index (χ2v) is 18.7. The highest BCUT2D eigenvalue weighted by atomic mass is 16.5. The molecule has 10 heteroatoms. The van der Waals surface area contributed by atoms with Gasteiger partial charge in [-0.05, 0) is 116 Å². The van der Waals surface area contributed by atoms with Crippen LogP contribution in [0.5, 0.6) is 0 Å². The Morgan fingerprint density at radius 1 is 0.403 bits per heavy atom. The molecule has 62 heavy (non-hydrogen) atoms. The van der Waals surface area contributed by atoms with Crippen molar-refractivity contribution in [2.45, 2.75) is 245 Å². The van der Waals surface area contributed by atoms with Crippen LogP contribution in [-0.4, -0.2) is 110 Å². The third-order valence-corrected chi connectivity index (χ3v) is 12.6. The fraction of sp³-hybridized carbons (Fsp3) is 0.962. The minimum absolute atomic E-state index is 0.00274. The summed E-state index contributed by atoms with van der Waals surface area (Å²) >= 11 is 0. The summed E-state index contributed by atoms with van der Waals surface area (Å²) in [5.74, 6) is -0.0806. The van der Waals surface area contributed by atoms with E-state index in [1.54, 1.807) is 0 Å². The Bertz CT molecular complexity index is 886. The maximum atomic E-state index is 13.1. The zero-order valence-electron chi connectivity index (χ0n) is 41.6. The number of hydrogen-bond acceptors (Lipinski definition) is 10. The second kappa shape index (κ2) is 46.2. The topological polar surface area (TPSA) is 152 Å². The Kier molecular flexibility index (Phi) is 45.3. The van der Waals surface area contributed by atoms with E-state index in [-0.39, 0.29) is 23.8 Å². The van der Waals surface area contributed by atoms with E-state index in [4.69, 9.17) is 20.9 Å². The van der Waals surface area contributed by atoms with Gasteiger partial charge in [0, 0.05) is 13.1 Å². The SMILES string of the molecule is CCCCCCCCC(CCCCCC)C(=O)OCCCC(O)CN(CCCN)CCCCN(CCCN)CC(O)CCCOC(=O)C(CCCCCC)CCCCCCCC. The molecule has 370 valence electrons. The van der Waals surface area contributed by atoms with Crippen LogP contribution in [0.25, 0.3) is 0 Å². The average Bonchev–Trinajstić information content (AvgIpc) is 3.26. The van der Waals surface area contributed by atoms with Gasteiger partial charge >= 0.3 is 11.9 Å². The molecule has 0 amide bonds. The van der Waals surface area contributed by atoms with Crippen molar-refractivity contribution >= 4 is 11.9 Å². The maximum Gasteiger partial charge on any atom is 0.308 e. The van der Waals surface area contributed by atoms with Gasteiger partial charge in [-0.3, -0.25) is 9.59 Å². The Hall–Kier alpha value is -1.30. The van der Waals surface area contributed by atoms with Gasteiger partial charge in [0.05, 0.1) is 37.3 Å². The van der Waals surface area contributed by atoms with Crippen LogP contribution in [0.2, 0.25) is 0 Å². The largest absolute Gasteiger partial charge is 0.465 e. The lowest BCUT2D eigenvalue weighted by atomic mass is 9.94. The fourth-order valence-corrected chi connectivity index (χ4v) is 8.62. The van der Waals surface area contributed by atoms with E-state index < -0.39 is 12.2 Å². The van der Waals surface area contributed by atoms with Gasteiger partial charge in [0.1, 0.15) is 0 Å². The number of unbranched alkanes of at least 4 members (excludes halogenated alkanes) is 17. The molecule has 0 radical (unpaired) electrons. The number of aliphatic hydroxyl groups is 2. The zero-order chi connectivity index (χ0) is 45.7. The summed E-state index contributed by atoms with van der Waals surface area (Å²) in [6, 6.07) is 0. The van der Waals surface area contributed by atoms with Crippen LogP contribution < -0.4 is 11.5 Å². The molecule has 0 saturated heterocycles. The van der Waals surface area contributed by atoms with Crippen molar-refractivity contribution in [2.75, 3.05) is 65.6 Å². The number of aliphatic hydroxyl groups excluding tert-OH is 2. The summed E-state index contributed by atoms with van der Waals surface area (Å²) in [7, 11) is 0. The number of carbonyl (C=O) groups excluding carboxylic acids is 2. The second-order valence-electron chi connectivity index (χ2n) is 18.7. The van der Waals surface area contributed by atoms with Gasteiger partial charge in [0.25, 0.3) is 0 Å². The van der Waals surface area contributed by atoms with Gasteiger partial charge in [-0.2, -0.15) is 0 Å². The molecule has 4 atom stereocenters. The van der Waals surface area contributed by atoms with E-state index in [2.05, 4.69) is 37.5 Å². The molecular weight excluding hydrogens is 777 g/mol. The molecule has 0 aromatic rings. The standard InChI is InChI=1S/C52H106N4O6/c1-5-9-13-17-19-23-33-47(31-21-15-11-7-3)51(59)61-43-27-35-49(57)45-55(41-29-37-53)39-25-26-40-56(42-30-38-54)46-50(58)36-28-44-62-52(60)48(32-22-16-12-8-4)34-24-20-18-14-10-6-2/h47-50,57-58H,5-46,53-54H2,1-4H3. The minimum Gasteiger partial charge on any atom is -0.465 e. The Morgan fingerprint density at radius 2 is 0.694 bits per heavy atom. The molecule has 6 N–H and O–H groups in total. The molecule has 0 bridgehead atoms. The van der Waals surface area contributed by atoms with E-state index >= 15 is 0 Å². The van der Waals surface area contributed by atoms with Gasteiger partial charge in [-0.25, -0.2) is 0 Å². The van der Waals surface area contributed by atoms with Gasteiger partial charge < -0.3 is 41.0 Å². The summed E-state index contributed by atoms with van der Waals surface area (Å²) in [6.45, 7) is 15.5. The van der Waals surface area contributed by atoms with Crippen LogP contribution in [0.3, 0.4) is 0 Å². The average molecular weight is 883 g/mol. The fourth-order valence-electron chi connectivity index (χ4n) is 8.62. The molecule has 0 heterocycles. The summed E-state index contributed by atoms with van der Waals surface area (Å²) in [5, 5.41) is 22.0. The molecule has 0 aliphatic rings. The number of esters is 2. The molecule has 0 aromatic carbocycles. The first-order valence-corrected chi connectivity index (χ1v) is 26.8. The number of nitrogens with two attached hydrogens (primary N) is 2. The van der Waals surface area contributed by atoms with Crippen LogP contribution in [0.4, 0.5) is 0 Å². The van der Waals surface area contributed by atoms with Crippen LogP contribution in [0, 0.1) is 11.8 Å². The lowest BCUT2D eigenvalue weighted by molar-refractivity contribution is -0.150. The monoisotopic (exact) mass is 883 g/mol. The smallest absolute Gasteiger partial charge is 0.308 e. The first-order valence-electron chi connectivity index (χ1n) is 26.8. The first kappa shape index (κ1) is 60.7. The number of ether oxygens (including phenoxy) is 2. The molecule has 0 spiro atoms. The Balaban J connectivity index is 4.75. The van der Waals surface area contributed by atoms with Crippen LogP contribution >= 0.6 is 0 Å². The number of carbonyl (C=O) groups is 2. The van der Waals surface area contributed by atoms with Crippen LogP contribution in [-0.2, 0) is 19.1 Å². The normalized spacial score (nSPS) is 13.8. The Labute approximate surface area is 384 Å². The molecule has 0 fully saturated rings. The molecule has 4 unspecified atom stereocenters. The van der Waals surface area contributed by atoms with Crippen LogP contribution in [0.15, 0.2) is 0 Å². The highest BCUT2D eigenvalue weighted by molar-refractivity contribution is 5.72. The van der Waals surface area contributed by atoms with Crippen molar-refractivity contribution in [2.24, 2.45) is 23.3 Å². The predicted octanol–water partition coefficient (Wildman–Crippen LogP) is 11.1. The lowest BCUT2D eigenvalue weighted by Crippen LogP contribution is -2.37. The van der Waals surface area contributed by atoms with E-state index in [9.17, 15) is 19.8 Å².